The molecule has 3 aromatic carbocycles. The summed E-state index contributed by atoms with van der Waals surface area (Å²) < 4.78 is 45.5. The summed E-state index contributed by atoms with van der Waals surface area (Å²) in [5, 5.41) is 4.69. The van der Waals surface area contributed by atoms with Crippen molar-refractivity contribution in [1.29, 1.82) is 0 Å². The number of hydrogen-bond acceptors (Lipinski definition) is 3. The van der Waals surface area contributed by atoms with Gasteiger partial charge >= 0.3 is 6.18 Å². The Hall–Kier alpha value is -2.07. The number of nitrogens with one attached hydrogen (secondary N) is 1. The van der Waals surface area contributed by atoms with Gasteiger partial charge in [0.25, 0.3) is 5.91 Å². The van der Waals surface area contributed by atoms with Crippen LogP contribution < -0.4 is 10.2 Å². The average molecular weight is 625 g/mol. The van der Waals surface area contributed by atoms with Crippen LogP contribution in [0.15, 0.2) is 68.6 Å². The van der Waals surface area contributed by atoms with Crippen LogP contribution in [0.5, 0.6) is 5.75 Å². The van der Waals surface area contributed by atoms with Crippen LogP contribution >= 0.6 is 55.1 Å². The van der Waals surface area contributed by atoms with E-state index in [1.54, 1.807) is 30.3 Å². The van der Waals surface area contributed by atoms with Crippen LogP contribution in [0.4, 0.5) is 13.2 Å². The third-order valence-electron chi connectivity index (χ3n) is 4.22. The molecule has 0 heterocycles. The van der Waals surface area contributed by atoms with Crippen molar-refractivity contribution in [2.24, 2.45) is 5.10 Å². The van der Waals surface area contributed by atoms with Gasteiger partial charge in [-0.25, -0.2) is 5.43 Å². The van der Waals surface area contributed by atoms with Gasteiger partial charge in [-0.05, 0) is 85.5 Å². The van der Waals surface area contributed by atoms with Crippen molar-refractivity contribution in [2.45, 2.75) is 12.8 Å². The Labute approximate surface area is 214 Å². The Morgan fingerprint density at radius 1 is 1.03 bits per heavy atom. The number of carbonyl (C=O) groups excluding carboxylic acids is 1. The molecule has 0 unspecified atom stereocenters. The normalized spacial score (nSPS) is 11.6. The van der Waals surface area contributed by atoms with E-state index in [9.17, 15) is 18.0 Å². The first kappa shape index (κ1) is 25.6. The Morgan fingerprint density at radius 3 is 2.36 bits per heavy atom. The standard InChI is InChI=1S/C22H13Br2Cl2F3N2O2/c23-16-6-13(7-17(24)20(16)33-11-12-4-5-18(25)19(26)8-12)10-30-31-21(32)14-2-1-3-15(9-14)22(27,28)29/h1-10H,11H2,(H,31,32)/b30-10-. The summed E-state index contributed by atoms with van der Waals surface area (Å²) in [5.74, 6) is -0.233. The van der Waals surface area contributed by atoms with Crippen molar-refractivity contribution in [3.63, 3.8) is 0 Å². The quantitative estimate of drug-likeness (QED) is 0.224. The maximum Gasteiger partial charge on any atom is 0.416 e. The fourth-order valence-electron chi connectivity index (χ4n) is 2.64. The minimum atomic E-state index is -4.54. The molecule has 0 atom stereocenters. The summed E-state index contributed by atoms with van der Waals surface area (Å²) >= 11 is 18.8. The van der Waals surface area contributed by atoms with Gasteiger partial charge < -0.3 is 4.74 Å². The lowest BCUT2D eigenvalue weighted by atomic mass is 10.1. The summed E-state index contributed by atoms with van der Waals surface area (Å²) in [7, 11) is 0. The van der Waals surface area contributed by atoms with E-state index in [4.69, 9.17) is 27.9 Å². The number of alkyl halides is 3. The number of hydrazone groups is 1. The lowest BCUT2D eigenvalue weighted by molar-refractivity contribution is -0.137. The highest BCUT2D eigenvalue weighted by Crippen LogP contribution is 2.35. The molecule has 0 aliphatic carbocycles. The molecule has 1 N–H and O–H groups in total. The lowest BCUT2D eigenvalue weighted by Gasteiger charge is -2.12. The number of hydrogen-bond donors (Lipinski definition) is 1. The summed E-state index contributed by atoms with van der Waals surface area (Å²) in [6.45, 7) is 0.245. The van der Waals surface area contributed by atoms with Crippen LogP contribution in [0, 0.1) is 0 Å². The van der Waals surface area contributed by atoms with Gasteiger partial charge in [0.05, 0.1) is 30.8 Å². The Balaban J connectivity index is 1.66. The fraction of sp³-hybridized carbons (Fsp3) is 0.0909. The third kappa shape index (κ3) is 6.96. The van der Waals surface area contributed by atoms with Crippen molar-refractivity contribution in [3.05, 3.63) is 95.8 Å². The first-order valence-electron chi connectivity index (χ1n) is 9.11. The second-order valence-corrected chi connectivity index (χ2v) is 9.15. The van der Waals surface area contributed by atoms with E-state index in [1.807, 2.05) is 0 Å². The predicted octanol–water partition coefficient (Wildman–Crippen LogP) is 7.88. The molecule has 11 heteroatoms. The van der Waals surface area contributed by atoms with Crippen LogP contribution in [-0.2, 0) is 12.8 Å². The second-order valence-electron chi connectivity index (χ2n) is 6.63. The van der Waals surface area contributed by atoms with E-state index in [2.05, 4.69) is 42.4 Å². The van der Waals surface area contributed by atoms with Crippen molar-refractivity contribution in [3.8, 4) is 5.75 Å². The number of benzene rings is 3. The third-order valence-corrected chi connectivity index (χ3v) is 6.14. The molecule has 3 rings (SSSR count). The van der Waals surface area contributed by atoms with Gasteiger partial charge in [-0.1, -0.05) is 35.3 Å². The molecule has 3 aromatic rings. The van der Waals surface area contributed by atoms with Gasteiger partial charge in [0.2, 0.25) is 0 Å². The van der Waals surface area contributed by atoms with E-state index in [0.29, 0.717) is 30.3 Å². The molecule has 0 aliphatic rings. The summed E-state index contributed by atoms with van der Waals surface area (Å²) in [4.78, 5) is 12.1. The average Bonchev–Trinajstić information content (AvgIpc) is 2.75. The lowest BCUT2D eigenvalue weighted by Crippen LogP contribution is -2.18. The Kier molecular flexibility index (Phi) is 8.44. The van der Waals surface area contributed by atoms with E-state index in [1.165, 1.54) is 12.3 Å². The molecule has 0 fully saturated rings. The van der Waals surface area contributed by atoms with Crippen molar-refractivity contribution in [2.75, 3.05) is 0 Å². The highest BCUT2D eigenvalue weighted by Gasteiger charge is 2.30. The second kappa shape index (κ2) is 10.9. The van der Waals surface area contributed by atoms with Gasteiger partial charge in [-0.15, -0.1) is 0 Å². The number of carbonyl (C=O) groups is 1. The number of rotatable bonds is 6. The molecule has 172 valence electrons. The van der Waals surface area contributed by atoms with Crippen molar-refractivity contribution >= 4 is 67.2 Å². The molecule has 33 heavy (non-hydrogen) atoms. The molecule has 1 amide bonds. The largest absolute Gasteiger partial charge is 0.487 e. The van der Waals surface area contributed by atoms with E-state index < -0.39 is 17.6 Å². The summed E-state index contributed by atoms with van der Waals surface area (Å²) in [6.07, 6.45) is -3.19. The molecule has 4 nitrogen and oxygen atoms in total. The molecular formula is C22H13Br2Cl2F3N2O2. The van der Waals surface area contributed by atoms with Gasteiger partial charge in [-0.3, -0.25) is 4.79 Å². The zero-order valence-corrected chi connectivity index (χ0v) is 21.1. The molecular weight excluding hydrogens is 612 g/mol. The number of amides is 1. The summed E-state index contributed by atoms with van der Waals surface area (Å²) in [5.41, 5.74) is 2.57. The molecule has 0 saturated heterocycles. The highest BCUT2D eigenvalue weighted by molar-refractivity contribution is 9.11. The predicted molar refractivity (Wildman–Crippen MR) is 129 cm³/mol. The van der Waals surface area contributed by atoms with Crippen LogP contribution in [0.2, 0.25) is 10.0 Å². The number of nitrogens with zero attached hydrogens (tertiary/aromatic N) is 1. The van der Waals surface area contributed by atoms with Crippen molar-refractivity contribution in [1.82, 2.24) is 5.43 Å². The van der Waals surface area contributed by atoms with Crippen LogP contribution in [0.1, 0.15) is 27.0 Å². The Bertz CT molecular complexity index is 1200. The van der Waals surface area contributed by atoms with E-state index >= 15 is 0 Å². The van der Waals surface area contributed by atoms with Gasteiger partial charge in [0.15, 0.2) is 0 Å². The minimum absolute atomic E-state index is 0.157. The molecule has 0 aromatic heterocycles. The zero-order chi connectivity index (χ0) is 24.2. The van der Waals surface area contributed by atoms with E-state index in [-0.39, 0.29) is 12.2 Å². The maximum atomic E-state index is 12.8. The molecule has 0 saturated carbocycles. The Morgan fingerprint density at radius 2 is 1.73 bits per heavy atom. The number of ether oxygens (including phenoxy) is 1. The van der Waals surface area contributed by atoms with Gasteiger partial charge in [-0.2, -0.15) is 18.3 Å². The van der Waals surface area contributed by atoms with Crippen LogP contribution in [0.3, 0.4) is 0 Å². The zero-order valence-electron chi connectivity index (χ0n) is 16.4. The van der Waals surface area contributed by atoms with Crippen LogP contribution in [0.25, 0.3) is 0 Å². The van der Waals surface area contributed by atoms with Gasteiger partial charge in [0.1, 0.15) is 12.4 Å². The first-order chi connectivity index (χ1) is 15.5. The SMILES string of the molecule is O=C(N/N=C\c1cc(Br)c(OCc2ccc(Cl)c(Cl)c2)c(Br)c1)c1cccc(C(F)(F)F)c1. The highest BCUT2D eigenvalue weighted by atomic mass is 79.9. The smallest absolute Gasteiger partial charge is 0.416 e. The molecule has 0 bridgehead atoms. The molecule has 0 aliphatic heterocycles. The van der Waals surface area contributed by atoms with Crippen LogP contribution in [-0.4, -0.2) is 12.1 Å². The van der Waals surface area contributed by atoms with Crippen molar-refractivity contribution < 1.29 is 22.7 Å². The van der Waals surface area contributed by atoms with E-state index in [0.717, 1.165) is 23.8 Å². The molecule has 0 spiro atoms. The fourth-order valence-corrected chi connectivity index (χ4v) is 4.42. The topological polar surface area (TPSA) is 50.7 Å². The first-order valence-corrected chi connectivity index (χ1v) is 11.4. The minimum Gasteiger partial charge on any atom is -0.487 e. The summed E-state index contributed by atoms with van der Waals surface area (Å²) in [6, 6.07) is 12.7. The number of halogens is 7. The monoisotopic (exact) mass is 622 g/mol. The maximum absolute atomic E-state index is 12.8. The van der Waals surface area contributed by atoms with Gasteiger partial charge in [0, 0.05) is 5.56 Å². The molecule has 0 radical (unpaired) electrons.